The van der Waals surface area contributed by atoms with Crippen molar-refractivity contribution in [1.82, 2.24) is 0 Å². The van der Waals surface area contributed by atoms with Crippen LogP contribution < -0.4 is 16.8 Å². The van der Waals surface area contributed by atoms with Gasteiger partial charge in [0.25, 0.3) is 5.91 Å². The van der Waals surface area contributed by atoms with Crippen LogP contribution in [-0.2, 0) is 0 Å². The third-order valence-corrected chi connectivity index (χ3v) is 3.02. The average Bonchev–Trinajstić information content (AvgIpc) is 2.70. The van der Waals surface area contributed by atoms with E-state index in [-0.39, 0.29) is 0 Å². The van der Waals surface area contributed by atoms with Crippen LogP contribution in [0.25, 0.3) is 0 Å². The number of carbonyl (C=O) groups is 1. The van der Waals surface area contributed by atoms with Crippen molar-refractivity contribution in [3.05, 3.63) is 23.8 Å². The molecule has 1 amide bonds. The third-order valence-electron chi connectivity index (χ3n) is 3.02. The largest absolute Gasteiger partial charge is 0.399 e. The van der Waals surface area contributed by atoms with Crippen molar-refractivity contribution in [2.24, 2.45) is 5.73 Å². The summed E-state index contributed by atoms with van der Waals surface area (Å²) >= 11 is 0. The summed E-state index contributed by atoms with van der Waals surface area (Å²) in [5.74, 6) is -0.416. The zero-order chi connectivity index (χ0) is 11.5. The highest BCUT2D eigenvalue weighted by molar-refractivity contribution is 5.99. The molecule has 1 fully saturated rings. The van der Waals surface area contributed by atoms with E-state index in [1.54, 1.807) is 18.2 Å². The number of carbonyl (C=O) groups excluding carboxylic acids is 1. The highest BCUT2D eigenvalue weighted by Gasteiger charge is 2.17. The summed E-state index contributed by atoms with van der Waals surface area (Å²) in [4.78, 5) is 11.2. The first kappa shape index (κ1) is 10.8. The van der Waals surface area contributed by atoms with Gasteiger partial charge in [-0.15, -0.1) is 0 Å². The van der Waals surface area contributed by atoms with Gasteiger partial charge >= 0.3 is 0 Å². The SMILES string of the molecule is NC(=O)c1ccc(N)cc1NC1CCCC1. The zero-order valence-corrected chi connectivity index (χ0v) is 9.20. The Hall–Kier alpha value is -1.71. The lowest BCUT2D eigenvalue weighted by molar-refractivity contribution is 0.100. The fourth-order valence-electron chi connectivity index (χ4n) is 2.19. The number of hydrogen-bond acceptors (Lipinski definition) is 3. The molecule has 16 heavy (non-hydrogen) atoms. The van der Waals surface area contributed by atoms with E-state index in [4.69, 9.17) is 11.5 Å². The van der Waals surface area contributed by atoms with Crippen LogP contribution in [0.15, 0.2) is 18.2 Å². The van der Waals surface area contributed by atoms with Gasteiger partial charge in [-0.3, -0.25) is 4.79 Å². The normalized spacial score (nSPS) is 16.2. The van der Waals surface area contributed by atoms with E-state index in [0.29, 0.717) is 17.3 Å². The number of benzene rings is 1. The molecule has 1 aliphatic rings. The zero-order valence-electron chi connectivity index (χ0n) is 9.20. The quantitative estimate of drug-likeness (QED) is 0.677. The number of hydrogen-bond donors (Lipinski definition) is 3. The lowest BCUT2D eigenvalue weighted by Crippen LogP contribution is -2.20. The Morgan fingerprint density at radius 3 is 2.62 bits per heavy atom. The molecule has 4 heteroatoms. The molecular weight excluding hydrogens is 202 g/mol. The third kappa shape index (κ3) is 2.27. The van der Waals surface area contributed by atoms with Crippen molar-refractivity contribution in [2.75, 3.05) is 11.1 Å². The van der Waals surface area contributed by atoms with E-state index in [1.165, 1.54) is 12.8 Å². The van der Waals surface area contributed by atoms with Crippen LogP contribution >= 0.6 is 0 Å². The predicted octanol–water partition coefficient (Wildman–Crippen LogP) is 1.72. The maximum atomic E-state index is 11.2. The van der Waals surface area contributed by atoms with Gasteiger partial charge in [0.2, 0.25) is 0 Å². The molecule has 0 spiro atoms. The van der Waals surface area contributed by atoms with Gasteiger partial charge in [-0.05, 0) is 31.0 Å². The van der Waals surface area contributed by atoms with E-state index in [2.05, 4.69) is 5.32 Å². The Morgan fingerprint density at radius 1 is 1.31 bits per heavy atom. The standard InChI is InChI=1S/C12H17N3O/c13-8-5-6-10(12(14)16)11(7-8)15-9-3-1-2-4-9/h5-7,9,15H,1-4,13H2,(H2,14,16). The Morgan fingerprint density at radius 2 is 2.00 bits per heavy atom. The van der Waals surface area contributed by atoms with Crippen LogP contribution in [-0.4, -0.2) is 11.9 Å². The molecule has 5 N–H and O–H groups in total. The second-order valence-electron chi connectivity index (χ2n) is 4.29. The molecule has 1 aliphatic carbocycles. The molecule has 2 rings (SSSR count). The fraction of sp³-hybridized carbons (Fsp3) is 0.417. The van der Waals surface area contributed by atoms with Crippen molar-refractivity contribution in [3.8, 4) is 0 Å². The highest BCUT2D eigenvalue weighted by atomic mass is 16.1. The number of nitrogens with two attached hydrogens (primary N) is 2. The number of nitrogens with one attached hydrogen (secondary N) is 1. The van der Waals surface area contributed by atoms with E-state index in [1.807, 2.05) is 0 Å². The summed E-state index contributed by atoms with van der Waals surface area (Å²) in [6.45, 7) is 0. The molecule has 0 unspecified atom stereocenters. The minimum atomic E-state index is -0.416. The minimum Gasteiger partial charge on any atom is -0.399 e. The number of nitrogen functional groups attached to an aromatic ring is 1. The molecule has 1 aromatic rings. The summed E-state index contributed by atoms with van der Waals surface area (Å²) < 4.78 is 0. The Labute approximate surface area is 95.0 Å². The number of amides is 1. The number of anilines is 2. The van der Waals surface area contributed by atoms with Crippen LogP contribution in [0.2, 0.25) is 0 Å². The summed E-state index contributed by atoms with van der Waals surface area (Å²) in [6, 6.07) is 5.59. The average molecular weight is 219 g/mol. The number of rotatable bonds is 3. The summed E-state index contributed by atoms with van der Waals surface area (Å²) in [7, 11) is 0. The predicted molar refractivity (Wildman–Crippen MR) is 65.3 cm³/mol. The first-order valence-corrected chi connectivity index (χ1v) is 5.62. The van der Waals surface area contributed by atoms with Gasteiger partial charge in [0.1, 0.15) is 0 Å². The van der Waals surface area contributed by atoms with Gasteiger partial charge in [0.05, 0.1) is 5.56 Å². The molecule has 1 saturated carbocycles. The Bertz CT molecular complexity index is 397. The van der Waals surface area contributed by atoms with Crippen LogP contribution in [0.5, 0.6) is 0 Å². The van der Waals surface area contributed by atoms with Gasteiger partial charge in [-0.2, -0.15) is 0 Å². The van der Waals surface area contributed by atoms with Crippen LogP contribution in [0.3, 0.4) is 0 Å². The van der Waals surface area contributed by atoms with Gasteiger partial charge in [-0.25, -0.2) is 0 Å². The summed E-state index contributed by atoms with van der Waals surface area (Å²) in [5, 5.41) is 3.35. The maximum Gasteiger partial charge on any atom is 0.250 e. The molecule has 0 bridgehead atoms. The van der Waals surface area contributed by atoms with E-state index in [0.717, 1.165) is 18.5 Å². The van der Waals surface area contributed by atoms with Crippen molar-refractivity contribution in [2.45, 2.75) is 31.7 Å². The molecule has 86 valence electrons. The molecule has 0 aromatic heterocycles. The molecule has 0 aliphatic heterocycles. The molecular formula is C12H17N3O. The Kier molecular flexibility index (Phi) is 2.99. The fourth-order valence-corrected chi connectivity index (χ4v) is 2.19. The number of primary amides is 1. The monoisotopic (exact) mass is 219 g/mol. The van der Waals surface area contributed by atoms with Gasteiger partial charge in [0, 0.05) is 17.4 Å². The minimum absolute atomic E-state index is 0.416. The van der Waals surface area contributed by atoms with E-state index < -0.39 is 5.91 Å². The molecule has 0 saturated heterocycles. The van der Waals surface area contributed by atoms with Crippen molar-refractivity contribution >= 4 is 17.3 Å². The molecule has 0 atom stereocenters. The summed E-state index contributed by atoms with van der Waals surface area (Å²) in [5.41, 5.74) is 13.0. The Balaban J connectivity index is 2.22. The van der Waals surface area contributed by atoms with Crippen LogP contribution in [0, 0.1) is 0 Å². The topological polar surface area (TPSA) is 81.1 Å². The van der Waals surface area contributed by atoms with Gasteiger partial charge in [-0.1, -0.05) is 12.8 Å². The first-order chi connectivity index (χ1) is 7.66. The lowest BCUT2D eigenvalue weighted by Gasteiger charge is -2.16. The van der Waals surface area contributed by atoms with Crippen molar-refractivity contribution < 1.29 is 4.79 Å². The second-order valence-corrected chi connectivity index (χ2v) is 4.29. The maximum absolute atomic E-state index is 11.2. The molecule has 0 radical (unpaired) electrons. The van der Waals surface area contributed by atoms with Crippen molar-refractivity contribution in [3.63, 3.8) is 0 Å². The summed E-state index contributed by atoms with van der Waals surface area (Å²) in [6.07, 6.45) is 4.78. The second kappa shape index (κ2) is 4.43. The van der Waals surface area contributed by atoms with E-state index >= 15 is 0 Å². The van der Waals surface area contributed by atoms with Gasteiger partial charge < -0.3 is 16.8 Å². The van der Waals surface area contributed by atoms with Crippen LogP contribution in [0.1, 0.15) is 36.0 Å². The molecule has 0 heterocycles. The van der Waals surface area contributed by atoms with Gasteiger partial charge in [0.15, 0.2) is 0 Å². The molecule has 1 aromatic carbocycles. The van der Waals surface area contributed by atoms with Crippen LogP contribution in [0.4, 0.5) is 11.4 Å². The van der Waals surface area contributed by atoms with Crippen molar-refractivity contribution in [1.29, 1.82) is 0 Å². The smallest absolute Gasteiger partial charge is 0.250 e. The lowest BCUT2D eigenvalue weighted by atomic mass is 10.1. The van der Waals surface area contributed by atoms with E-state index in [9.17, 15) is 4.79 Å². The molecule has 4 nitrogen and oxygen atoms in total. The highest BCUT2D eigenvalue weighted by Crippen LogP contribution is 2.25. The first-order valence-electron chi connectivity index (χ1n) is 5.62.